The van der Waals surface area contributed by atoms with Gasteiger partial charge in [-0.3, -0.25) is 0 Å². The lowest BCUT2D eigenvalue weighted by Gasteiger charge is -2.01. The lowest BCUT2D eigenvalue weighted by molar-refractivity contribution is 0.146. The predicted molar refractivity (Wildman–Crippen MR) is 39.5 cm³/mol. The molecule has 0 bridgehead atoms. The summed E-state index contributed by atoms with van der Waals surface area (Å²) in [7, 11) is 1.64. The number of hydrogen-bond acceptors (Lipinski definition) is 0. The maximum atomic E-state index is 12.5. The summed E-state index contributed by atoms with van der Waals surface area (Å²) < 4.78 is 36.5. The standard InChI is InChI=1S/C7H6BF3/c8-4-1-2-6(9)5(3-4)7(10)11/h1-3,7H,8H2. The zero-order valence-corrected chi connectivity index (χ0v) is 5.94. The highest BCUT2D eigenvalue weighted by atomic mass is 19.3. The summed E-state index contributed by atoms with van der Waals surface area (Å²) in [5.74, 6) is -0.842. The van der Waals surface area contributed by atoms with Crippen LogP contribution in [-0.4, -0.2) is 7.85 Å². The van der Waals surface area contributed by atoms with Gasteiger partial charge in [0.25, 0.3) is 6.43 Å². The van der Waals surface area contributed by atoms with E-state index in [0.717, 1.165) is 12.1 Å². The molecule has 0 nitrogen and oxygen atoms in total. The molecule has 0 fully saturated rings. The number of hydrogen-bond donors (Lipinski definition) is 0. The van der Waals surface area contributed by atoms with Crippen LogP contribution >= 0.6 is 0 Å². The molecule has 0 saturated carbocycles. The van der Waals surface area contributed by atoms with E-state index in [0.29, 0.717) is 5.46 Å². The molecule has 0 aromatic heterocycles. The predicted octanol–water partition coefficient (Wildman–Crippen LogP) is 1.02. The maximum absolute atomic E-state index is 12.5. The third-order valence-corrected chi connectivity index (χ3v) is 1.39. The van der Waals surface area contributed by atoms with Crippen LogP contribution in [-0.2, 0) is 0 Å². The van der Waals surface area contributed by atoms with Gasteiger partial charge in [-0.2, -0.15) is 0 Å². The first-order valence-corrected chi connectivity index (χ1v) is 3.15. The van der Waals surface area contributed by atoms with E-state index in [-0.39, 0.29) is 0 Å². The van der Waals surface area contributed by atoms with Crippen molar-refractivity contribution in [2.24, 2.45) is 0 Å². The van der Waals surface area contributed by atoms with Gasteiger partial charge in [0.15, 0.2) is 0 Å². The van der Waals surface area contributed by atoms with Gasteiger partial charge in [-0.25, -0.2) is 13.2 Å². The Balaban J connectivity index is 3.13. The quantitative estimate of drug-likeness (QED) is 0.535. The van der Waals surface area contributed by atoms with Gasteiger partial charge in [0.1, 0.15) is 13.7 Å². The third-order valence-electron chi connectivity index (χ3n) is 1.39. The Morgan fingerprint density at radius 3 is 2.36 bits per heavy atom. The first-order chi connectivity index (χ1) is 5.11. The van der Waals surface area contributed by atoms with Gasteiger partial charge in [-0.05, 0) is 6.07 Å². The SMILES string of the molecule is Bc1ccc(F)c(C(F)F)c1. The zero-order valence-electron chi connectivity index (χ0n) is 5.94. The molecule has 4 heteroatoms. The Morgan fingerprint density at radius 2 is 1.91 bits per heavy atom. The second-order valence-corrected chi connectivity index (χ2v) is 2.33. The molecular formula is C7H6BF3. The Labute approximate surface area is 63.4 Å². The van der Waals surface area contributed by atoms with E-state index < -0.39 is 17.8 Å². The minimum absolute atomic E-state index is 0.523. The van der Waals surface area contributed by atoms with Crippen molar-refractivity contribution in [2.45, 2.75) is 6.43 Å². The molecule has 1 rings (SSSR count). The lowest BCUT2D eigenvalue weighted by Crippen LogP contribution is -2.05. The summed E-state index contributed by atoms with van der Waals surface area (Å²) in [5.41, 5.74) is 0.117. The van der Waals surface area contributed by atoms with Crippen molar-refractivity contribution in [2.75, 3.05) is 0 Å². The molecule has 0 N–H and O–H groups in total. The van der Waals surface area contributed by atoms with E-state index in [1.165, 1.54) is 6.07 Å². The molecule has 1 aromatic rings. The topological polar surface area (TPSA) is 0 Å². The monoisotopic (exact) mass is 158 g/mol. The van der Waals surface area contributed by atoms with Crippen LogP contribution in [0.5, 0.6) is 0 Å². The van der Waals surface area contributed by atoms with Crippen molar-refractivity contribution in [3.05, 3.63) is 29.6 Å². The molecule has 0 aliphatic heterocycles. The maximum Gasteiger partial charge on any atom is 0.266 e. The van der Waals surface area contributed by atoms with E-state index >= 15 is 0 Å². The summed E-state index contributed by atoms with van der Waals surface area (Å²) in [5, 5.41) is 0. The van der Waals surface area contributed by atoms with Crippen LogP contribution in [0, 0.1) is 5.82 Å². The fraction of sp³-hybridized carbons (Fsp3) is 0.143. The summed E-state index contributed by atoms with van der Waals surface area (Å²) in [6.07, 6.45) is -2.73. The van der Waals surface area contributed by atoms with Crippen molar-refractivity contribution in [3.63, 3.8) is 0 Å². The van der Waals surface area contributed by atoms with Crippen LogP contribution in [0.15, 0.2) is 18.2 Å². The van der Waals surface area contributed by atoms with Crippen LogP contribution in [0.4, 0.5) is 13.2 Å². The van der Waals surface area contributed by atoms with Gasteiger partial charge in [0, 0.05) is 0 Å². The number of rotatable bonds is 1. The largest absolute Gasteiger partial charge is 0.266 e. The molecule has 0 amide bonds. The molecule has 0 atom stereocenters. The fourth-order valence-corrected chi connectivity index (χ4v) is 0.830. The van der Waals surface area contributed by atoms with Gasteiger partial charge in [0.05, 0.1) is 5.56 Å². The van der Waals surface area contributed by atoms with Crippen molar-refractivity contribution < 1.29 is 13.2 Å². The molecule has 0 saturated heterocycles. The molecule has 0 aliphatic rings. The molecule has 0 radical (unpaired) electrons. The Morgan fingerprint density at radius 1 is 1.27 bits per heavy atom. The van der Waals surface area contributed by atoms with Gasteiger partial charge in [-0.1, -0.05) is 17.6 Å². The minimum Gasteiger partial charge on any atom is -0.206 e. The Hall–Kier alpha value is -0.925. The number of alkyl halides is 2. The molecule has 58 valence electrons. The Bertz CT molecular complexity index is 260. The molecule has 0 unspecified atom stereocenters. The van der Waals surface area contributed by atoms with Crippen LogP contribution in [0.3, 0.4) is 0 Å². The van der Waals surface area contributed by atoms with E-state index in [2.05, 4.69) is 0 Å². The summed E-state index contributed by atoms with van der Waals surface area (Å²) in [6, 6.07) is 3.66. The van der Waals surface area contributed by atoms with Gasteiger partial charge in [-0.15, -0.1) is 0 Å². The molecule has 1 aromatic carbocycles. The number of halogens is 3. The van der Waals surface area contributed by atoms with Crippen molar-refractivity contribution >= 4 is 13.3 Å². The van der Waals surface area contributed by atoms with Gasteiger partial charge < -0.3 is 0 Å². The van der Waals surface area contributed by atoms with Crippen molar-refractivity contribution in [1.29, 1.82) is 0 Å². The highest BCUT2D eigenvalue weighted by molar-refractivity contribution is 6.32. The van der Waals surface area contributed by atoms with E-state index in [9.17, 15) is 13.2 Å². The average molecular weight is 158 g/mol. The van der Waals surface area contributed by atoms with Crippen LogP contribution in [0.1, 0.15) is 12.0 Å². The average Bonchev–Trinajstić information content (AvgIpc) is 1.94. The molecule has 0 aliphatic carbocycles. The lowest BCUT2D eigenvalue weighted by atomic mass is 9.94. The molecule has 0 spiro atoms. The second kappa shape index (κ2) is 2.99. The first-order valence-electron chi connectivity index (χ1n) is 3.15. The smallest absolute Gasteiger partial charge is 0.206 e. The summed E-state index contributed by atoms with van der Waals surface area (Å²) in [4.78, 5) is 0. The highest BCUT2D eigenvalue weighted by Crippen LogP contribution is 2.19. The highest BCUT2D eigenvalue weighted by Gasteiger charge is 2.11. The van der Waals surface area contributed by atoms with Crippen molar-refractivity contribution in [3.8, 4) is 0 Å². The van der Waals surface area contributed by atoms with Gasteiger partial charge in [0.2, 0.25) is 0 Å². The third kappa shape index (κ3) is 1.76. The van der Waals surface area contributed by atoms with E-state index in [1.54, 1.807) is 7.85 Å². The van der Waals surface area contributed by atoms with Crippen LogP contribution in [0.2, 0.25) is 0 Å². The Kier molecular flexibility index (Phi) is 2.22. The molecule has 11 heavy (non-hydrogen) atoms. The minimum atomic E-state index is -2.73. The fourth-order valence-electron chi connectivity index (χ4n) is 0.830. The van der Waals surface area contributed by atoms with Crippen LogP contribution < -0.4 is 5.46 Å². The zero-order chi connectivity index (χ0) is 8.43. The van der Waals surface area contributed by atoms with Gasteiger partial charge >= 0.3 is 0 Å². The number of benzene rings is 1. The van der Waals surface area contributed by atoms with Crippen molar-refractivity contribution in [1.82, 2.24) is 0 Å². The molecule has 0 heterocycles. The van der Waals surface area contributed by atoms with E-state index in [4.69, 9.17) is 0 Å². The van der Waals surface area contributed by atoms with E-state index in [1.807, 2.05) is 0 Å². The normalized spacial score (nSPS) is 10.5. The summed E-state index contributed by atoms with van der Waals surface area (Å²) in [6.45, 7) is 0. The molecular weight excluding hydrogens is 152 g/mol. The second-order valence-electron chi connectivity index (χ2n) is 2.33. The van der Waals surface area contributed by atoms with Crippen LogP contribution in [0.25, 0.3) is 0 Å². The summed E-state index contributed by atoms with van der Waals surface area (Å²) >= 11 is 0. The first kappa shape index (κ1) is 8.17.